The molecule has 0 aromatic heterocycles. The fraction of sp³-hybridized carbons (Fsp3) is 0.571. The Bertz CT molecular complexity index is 376. The SMILES string of the molecule is CCC(NCC1(O)CCSC1)c1ccc(F)cc1. The van der Waals surface area contributed by atoms with Crippen molar-refractivity contribution in [2.24, 2.45) is 0 Å². The number of rotatable bonds is 5. The Hall–Kier alpha value is -0.580. The zero-order chi connectivity index (χ0) is 13.0. The van der Waals surface area contributed by atoms with Crippen LogP contribution in [0.5, 0.6) is 0 Å². The molecule has 1 fully saturated rings. The molecule has 0 spiro atoms. The molecule has 0 bridgehead atoms. The molecule has 2 rings (SSSR count). The van der Waals surface area contributed by atoms with Crippen LogP contribution >= 0.6 is 11.8 Å². The zero-order valence-electron chi connectivity index (χ0n) is 10.7. The maximum atomic E-state index is 12.9. The number of benzene rings is 1. The van der Waals surface area contributed by atoms with E-state index in [-0.39, 0.29) is 11.9 Å². The van der Waals surface area contributed by atoms with E-state index in [4.69, 9.17) is 0 Å². The Labute approximate surface area is 112 Å². The summed E-state index contributed by atoms with van der Waals surface area (Å²) in [4.78, 5) is 0. The summed E-state index contributed by atoms with van der Waals surface area (Å²) in [5.74, 6) is 1.63. The molecule has 0 saturated carbocycles. The fourth-order valence-corrected chi connectivity index (χ4v) is 3.54. The smallest absolute Gasteiger partial charge is 0.123 e. The van der Waals surface area contributed by atoms with Crippen molar-refractivity contribution in [1.29, 1.82) is 0 Å². The summed E-state index contributed by atoms with van der Waals surface area (Å²) in [6, 6.07) is 6.77. The van der Waals surface area contributed by atoms with Crippen molar-refractivity contribution in [2.75, 3.05) is 18.1 Å². The minimum atomic E-state index is -0.571. The van der Waals surface area contributed by atoms with Crippen molar-refractivity contribution in [3.05, 3.63) is 35.6 Å². The molecule has 1 aromatic rings. The maximum absolute atomic E-state index is 12.9. The van der Waals surface area contributed by atoms with E-state index in [1.807, 2.05) is 12.1 Å². The summed E-state index contributed by atoms with van der Waals surface area (Å²) in [5.41, 5.74) is 0.506. The number of hydrogen-bond acceptors (Lipinski definition) is 3. The van der Waals surface area contributed by atoms with Crippen LogP contribution in [0.2, 0.25) is 0 Å². The Kier molecular flexibility index (Phi) is 4.65. The third-order valence-corrected chi connectivity index (χ3v) is 4.67. The van der Waals surface area contributed by atoms with E-state index >= 15 is 0 Å². The highest BCUT2D eigenvalue weighted by atomic mass is 32.2. The van der Waals surface area contributed by atoms with Crippen molar-refractivity contribution in [2.45, 2.75) is 31.4 Å². The van der Waals surface area contributed by atoms with Crippen LogP contribution in [0.3, 0.4) is 0 Å². The summed E-state index contributed by atoms with van der Waals surface area (Å²) in [6.45, 7) is 2.70. The molecule has 1 saturated heterocycles. The van der Waals surface area contributed by atoms with Gasteiger partial charge < -0.3 is 10.4 Å². The van der Waals surface area contributed by atoms with E-state index in [1.54, 1.807) is 11.8 Å². The molecule has 1 aliphatic rings. The van der Waals surface area contributed by atoms with Crippen LogP contribution in [0.1, 0.15) is 31.4 Å². The summed E-state index contributed by atoms with van der Waals surface area (Å²) >= 11 is 1.80. The van der Waals surface area contributed by atoms with Gasteiger partial charge in [0.15, 0.2) is 0 Å². The van der Waals surface area contributed by atoms with Gasteiger partial charge in [-0.25, -0.2) is 4.39 Å². The van der Waals surface area contributed by atoms with Gasteiger partial charge >= 0.3 is 0 Å². The van der Waals surface area contributed by atoms with Crippen LogP contribution in [-0.2, 0) is 0 Å². The molecule has 0 radical (unpaired) electrons. The second-order valence-electron chi connectivity index (χ2n) is 4.92. The lowest BCUT2D eigenvalue weighted by Crippen LogP contribution is -2.41. The average molecular weight is 269 g/mol. The van der Waals surface area contributed by atoms with Gasteiger partial charge in [-0.1, -0.05) is 19.1 Å². The van der Waals surface area contributed by atoms with E-state index in [2.05, 4.69) is 12.2 Å². The predicted octanol–water partition coefficient (Wildman–Crippen LogP) is 2.73. The van der Waals surface area contributed by atoms with Crippen molar-refractivity contribution in [3.63, 3.8) is 0 Å². The standard InChI is InChI=1S/C14H20FNOS/c1-2-13(11-3-5-12(15)6-4-11)16-9-14(17)7-8-18-10-14/h3-6,13,16-17H,2,7-10H2,1H3. The molecular weight excluding hydrogens is 249 g/mol. The Morgan fingerprint density at radius 3 is 2.72 bits per heavy atom. The van der Waals surface area contributed by atoms with Gasteiger partial charge in [0.25, 0.3) is 0 Å². The molecule has 0 aliphatic carbocycles. The van der Waals surface area contributed by atoms with Crippen molar-refractivity contribution < 1.29 is 9.50 Å². The van der Waals surface area contributed by atoms with Gasteiger partial charge in [-0.2, -0.15) is 11.8 Å². The van der Waals surface area contributed by atoms with Gasteiger partial charge in [0.1, 0.15) is 5.82 Å². The molecule has 4 heteroatoms. The van der Waals surface area contributed by atoms with Crippen LogP contribution in [0, 0.1) is 5.82 Å². The first-order valence-electron chi connectivity index (χ1n) is 6.42. The first kappa shape index (κ1) is 13.8. The maximum Gasteiger partial charge on any atom is 0.123 e. The third kappa shape index (κ3) is 3.46. The molecule has 1 heterocycles. The normalized spacial score (nSPS) is 25.3. The Balaban J connectivity index is 1.95. The quantitative estimate of drug-likeness (QED) is 0.862. The first-order chi connectivity index (χ1) is 8.63. The topological polar surface area (TPSA) is 32.3 Å². The second kappa shape index (κ2) is 6.04. The molecule has 2 unspecified atom stereocenters. The number of halogens is 1. The lowest BCUT2D eigenvalue weighted by molar-refractivity contribution is 0.0643. The number of nitrogens with one attached hydrogen (secondary N) is 1. The molecule has 18 heavy (non-hydrogen) atoms. The second-order valence-corrected chi connectivity index (χ2v) is 6.03. The van der Waals surface area contributed by atoms with Gasteiger partial charge in [0.05, 0.1) is 5.60 Å². The molecule has 1 aliphatic heterocycles. The first-order valence-corrected chi connectivity index (χ1v) is 7.57. The molecule has 0 amide bonds. The predicted molar refractivity (Wildman–Crippen MR) is 74.3 cm³/mol. The van der Waals surface area contributed by atoms with Crippen molar-refractivity contribution >= 4 is 11.8 Å². The largest absolute Gasteiger partial charge is 0.388 e. The van der Waals surface area contributed by atoms with Crippen LogP contribution in [0.4, 0.5) is 4.39 Å². The highest BCUT2D eigenvalue weighted by Crippen LogP contribution is 2.28. The van der Waals surface area contributed by atoms with E-state index in [0.717, 1.165) is 29.9 Å². The van der Waals surface area contributed by atoms with Gasteiger partial charge in [0.2, 0.25) is 0 Å². The summed E-state index contributed by atoms with van der Waals surface area (Å²) in [6.07, 6.45) is 1.78. The number of hydrogen-bond donors (Lipinski definition) is 2. The zero-order valence-corrected chi connectivity index (χ0v) is 11.5. The molecule has 2 N–H and O–H groups in total. The minimum absolute atomic E-state index is 0.181. The average Bonchev–Trinajstić information content (AvgIpc) is 2.79. The molecule has 1 aromatic carbocycles. The van der Waals surface area contributed by atoms with Gasteiger partial charge in [-0.3, -0.25) is 0 Å². The van der Waals surface area contributed by atoms with Crippen molar-refractivity contribution in [3.8, 4) is 0 Å². The van der Waals surface area contributed by atoms with E-state index < -0.39 is 5.60 Å². The van der Waals surface area contributed by atoms with Gasteiger partial charge in [-0.15, -0.1) is 0 Å². The summed E-state index contributed by atoms with van der Waals surface area (Å²) in [7, 11) is 0. The van der Waals surface area contributed by atoms with E-state index in [0.29, 0.717) is 6.54 Å². The molecular formula is C14H20FNOS. The van der Waals surface area contributed by atoms with Gasteiger partial charge in [0, 0.05) is 18.3 Å². The van der Waals surface area contributed by atoms with Crippen LogP contribution in [0.25, 0.3) is 0 Å². The molecule has 100 valence electrons. The van der Waals surface area contributed by atoms with Crippen LogP contribution < -0.4 is 5.32 Å². The molecule has 2 atom stereocenters. The van der Waals surface area contributed by atoms with Crippen molar-refractivity contribution in [1.82, 2.24) is 5.32 Å². The highest BCUT2D eigenvalue weighted by molar-refractivity contribution is 7.99. The number of thioether (sulfide) groups is 1. The van der Waals surface area contributed by atoms with E-state index in [9.17, 15) is 9.50 Å². The number of aliphatic hydroxyl groups is 1. The van der Waals surface area contributed by atoms with Crippen LogP contribution in [-0.4, -0.2) is 28.8 Å². The third-order valence-electron chi connectivity index (χ3n) is 3.44. The minimum Gasteiger partial charge on any atom is -0.388 e. The monoisotopic (exact) mass is 269 g/mol. The van der Waals surface area contributed by atoms with Gasteiger partial charge in [-0.05, 0) is 36.3 Å². The lowest BCUT2D eigenvalue weighted by Gasteiger charge is -2.26. The Morgan fingerprint density at radius 2 is 2.17 bits per heavy atom. The lowest BCUT2D eigenvalue weighted by atomic mass is 10.0. The fourth-order valence-electron chi connectivity index (χ4n) is 2.24. The Morgan fingerprint density at radius 1 is 1.44 bits per heavy atom. The highest BCUT2D eigenvalue weighted by Gasteiger charge is 2.31. The molecule has 2 nitrogen and oxygen atoms in total. The van der Waals surface area contributed by atoms with E-state index in [1.165, 1.54) is 12.1 Å². The summed E-state index contributed by atoms with van der Waals surface area (Å²) < 4.78 is 12.9. The van der Waals surface area contributed by atoms with Crippen LogP contribution in [0.15, 0.2) is 24.3 Å². The summed E-state index contributed by atoms with van der Waals surface area (Å²) in [5, 5.41) is 13.7.